The summed E-state index contributed by atoms with van der Waals surface area (Å²) in [6.07, 6.45) is 1.58. The smallest absolute Gasteiger partial charge is 0.318 e. The molecule has 0 fully saturated rings. The highest BCUT2D eigenvalue weighted by Crippen LogP contribution is 2.29. The van der Waals surface area contributed by atoms with Crippen molar-refractivity contribution in [3.8, 4) is 5.75 Å². The van der Waals surface area contributed by atoms with E-state index in [9.17, 15) is 9.59 Å². The number of nitrogens with zero attached hydrogens (tertiary/aromatic N) is 3. The van der Waals surface area contributed by atoms with Gasteiger partial charge in [-0.25, -0.2) is 4.79 Å². The summed E-state index contributed by atoms with van der Waals surface area (Å²) in [7, 11) is 0. The van der Waals surface area contributed by atoms with Gasteiger partial charge in [-0.3, -0.25) is 14.7 Å². The van der Waals surface area contributed by atoms with E-state index in [0.29, 0.717) is 34.1 Å². The van der Waals surface area contributed by atoms with E-state index in [4.69, 9.17) is 26.5 Å². The summed E-state index contributed by atoms with van der Waals surface area (Å²) in [5, 5.41) is 11.1. The van der Waals surface area contributed by atoms with Gasteiger partial charge in [0.05, 0.1) is 18.1 Å². The third-order valence-corrected chi connectivity index (χ3v) is 5.99. The average Bonchev–Trinajstić information content (AvgIpc) is 3.35. The van der Waals surface area contributed by atoms with E-state index in [0.717, 1.165) is 0 Å². The molecule has 3 aromatic rings. The maximum absolute atomic E-state index is 12.4. The lowest BCUT2D eigenvalue weighted by molar-refractivity contribution is -0.120. The second-order valence-electron chi connectivity index (χ2n) is 6.94. The van der Waals surface area contributed by atoms with Gasteiger partial charge in [0.15, 0.2) is 11.0 Å². The Morgan fingerprint density at radius 2 is 2.00 bits per heavy atom. The first kappa shape index (κ1) is 22.7. The molecular formula is C20H22ClN5O4S. The summed E-state index contributed by atoms with van der Waals surface area (Å²) >= 11 is 7.11. The van der Waals surface area contributed by atoms with Crippen molar-refractivity contribution in [1.29, 1.82) is 0 Å². The highest BCUT2D eigenvalue weighted by atomic mass is 35.5. The molecule has 0 radical (unpaired) electrons. The predicted molar refractivity (Wildman–Crippen MR) is 116 cm³/mol. The van der Waals surface area contributed by atoms with Crippen LogP contribution in [0.15, 0.2) is 52.2 Å². The van der Waals surface area contributed by atoms with Gasteiger partial charge in [-0.05, 0) is 42.3 Å². The SMILES string of the molecule is CC(C)[C@H](Sc1nnc(COc2ccc(Cl)cc2)n1Cc1ccco1)C(=O)NC(N)=O. The largest absolute Gasteiger partial charge is 0.486 e. The van der Waals surface area contributed by atoms with Gasteiger partial charge in [0.25, 0.3) is 0 Å². The van der Waals surface area contributed by atoms with E-state index in [2.05, 4.69) is 15.5 Å². The van der Waals surface area contributed by atoms with Crippen molar-refractivity contribution in [2.24, 2.45) is 11.7 Å². The fourth-order valence-corrected chi connectivity index (χ4v) is 3.88. The lowest BCUT2D eigenvalue weighted by Crippen LogP contribution is -2.42. The zero-order valence-corrected chi connectivity index (χ0v) is 18.5. The standard InChI is InChI=1S/C20H22ClN5O4S/c1-12(2)17(18(27)23-19(22)28)31-20-25-24-16(26(20)10-15-4-3-9-29-15)11-30-14-7-5-13(21)6-8-14/h3-9,12,17H,10-11H2,1-2H3,(H3,22,23,27,28)/t17-/m0/s1. The fraction of sp³-hybridized carbons (Fsp3) is 0.300. The number of benzene rings is 1. The molecule has 9 nitrogen and oxygen atoms in total. The minimum Gasteiger partial charge on any atom is -0.486 e. The number of carbonyl (C=O) groups excluding carboxylic acids is 2. The number of amides is 3. The Hall–Kier alpha value is -2.98. The van der Waals surface area contributed by atoms with E-state index in [1.807, 2.05) is 24.5 Å². The molecule has 2 aromatic heterocycles. The predicted octanol–water partition coefficient (Wildman–Crippen LogP) is 3.46. The summed E-state index contributed by atoms with van der Waals surface area (Å²) in [6, 6.07) is 9.70. The number of carbonyl (C=O) groups is 2. The van der Waals surface area contributed by atoms with Gasteiger partial charge in [0, 0.05) is 5.02 Å². The van der Waals surface area contributed by atoms with E-state index in [1.165, 1.54) is 11.8 Å². The molecule has 31 heavy (non-hydrogen) atoms. The average molecular weight is 464 g/mol. The van der Waals surface area contributed by atoms with Crippen molar-refractivity contribution >= 4 is 35.3 Å². The van der Waals surface area contributed by atoms with Crippen molar-refractivity contribution in [1.82, 2.24) is 20.1 Å². The van der Waals surface area contributed by atoms with Crippen LogP contribution in [0, 0.1) is 5.92 Å². The van der Waals surface area contributed by atoms with Crippen molar-refractivity contribution in [3.63, 3.8) is 0 Å². The quantitative estimate of drug-likeness (QED) is 0.465. The first-order chi connectivity index (χ1) is 14.8. The number of imide groups is 1. The molecule has 0 saturated heterocycles. The van der Waals surface area contributed by atoms with Gasteiger partial charge in [0.2, 0.25) is 5.91 Å². The monoisotopic (exact) mass is 463 g/mol. The number of hydrogen-bond acceptors (Lipinski definition) is 7. The Labute approximate surface area is 188 Å². The number of urea groups is 1. The van der Waals surface area contributed by atoms with Crippen molar-refractivity contribution in [2.75, 3.05) is 0 Å². The minimum atomic E-state index is -0.898. The van der Waals surface area contributed by atoms with Gasteiger partial charge in [0.1, 0.15) is 18.1 Å². The molecule has 3 N–H and O–H groups in total. The molecule has 2 heterocycles. The van der Waals surface area contributed by atoms with Crippen LogP contribution in [-0.2, 0) is 17.9 Å². The molecule has 11 heteroatoms. The van der Waals surface area contributed by atoms with Gasteiger partial charge >= 0.3 is 6.03 Å². The Bertz CT molecular complexity index is 1020. The van der Waals surface area contributed by atoms with Crippen LogP contribution >= 0.6 is 23.4 Å². The van der Waals surface area contributed by atoms with Crippen molar-refractivity contribution in [3.05, 3.63) is 59.3 Å². The van der Waals surface area contributed by atoms with Crippen LogP contribution in [0.5, 0.6) is 5.75 Å². The molecule has 0 aliphatic carbocycles. The lowest BCUT2D eigenvalue weighted by atomic mass is 10.1. The Morgan fingerprint density at radius 3 is 2.61 bits per heavy atom. The summed E-state index contributed by atoms with van der Waals surface area (Å²) in [6.45, 7) is 4.24. The summed E-state index contributed by atoms with van der Waals surface area (Å²) in [5.74, 6) is 1.29. The number of halogens is 1. The fourth-order valence-electron chi connectivity index (χ4n) is 2.71. The maximum Gasteiger partial charge on any atom is 0.318 e. The second kappa shape index (κ2) is 10.4. The molecule has 0 aliphatic rings. The summed E-state index contributed by atoms with van der Waals surface area (Å²) < 4.78 is 13.1. The molecule has 1 atom stereocenters. The molecule has 164 valence electrons. The number of ether oxygens (including phenoxy) is 1. The minimum absolute atomic E-state index is 0.0909. The highest BCUT2D eigenvalue weighted by molar-refractivity contribution is 8.00. The van der Waals surface area contributed by atoms with Crippen LogP contribution in [0.3, 0.4) is 0 Å². The van der Waals surface area contributed by atoms with Crippen molar-refractivity contribution in [2.45, 2.75) is 37.4 Å². The van der Waals surface area contributed by atoms with E-state index in [-0.39, 0.29) is 12.5 Å². The molecule has 0 saturated carbocycles. The Kier molecular flexibility index (Phi) is 7.59. The molecule has 0 bridgehead atoms. The van der Waals surface area contributed by atoms with E-state index >= 15 is 0 Å². The molecule has 3 rings (SSSR count). The third-order valence-electron chi connectivity index (χ3n) is 4.21. The summed E-state index contributed by atoms with van der Waals surface area (Å²) in [5.41, 5.74) is 5.10. The number of aromatic nitrogens is 3. The van der Waals surface area contributed by atoms with Crippen LogP contribution in [0.4, 0.5) is 4.79 Å². The van der Waals surface area contributed by atoms with E-state index < -0.39 is 17.2 Å². The van der Waals surface area contributed by atoms with Crippen molar-refractivity contribution < 1.29 is 18.7 Å². The van der Waals surface area contributed by atoms with Crippen LogP contribution in [0.25, 0.3) is 0 Å². The van der Waals surface area contributed by atoms with Crippen LogP contribution in [0.1, 0.15) is 25.4 Å². The zero-order chi connectivity index (χ0) is 22.4. The Balaban J connectivity index is 1.83. The topological polar surface area (TPSA) is 125 Å². The highest BCUT2D eigenvalue weighted by Gasteiger charge is 2.28. The lowest BCUT2D eigenvalue weighted by Gasteiger charge is -2.19. The van der Waals surface area contributed by atoms with Gasteiger partial charge < -0.3 is 14.9 Å². The number of primary amides is 1. The number of nitrogens with two attached hydrogens (primary N) is 1. The molecule has 3 amide bonds. The number of rotatable bonds is 9. The third kappa shape index (κ3) is 6.25. The van der Waals surface area contributed by atoms with Gasteiger partial charge in [-0.2, -0.15) is 0 Å². The van der Waals surface area contributed by atoms with Gasteiger partial charge in [-0.1, -0.05) is 37.2 Å². The molecule has 0 spiro atoms. The molecular weight excluding hydrogens is 442 g/mol. The zero-order valence-electron chi connectivity index (χ0n) is 16.9. The molecule has 0 unspecified atom stereocenters. The number of nitrogens with one attached hydrogen (secondary N) is 1. The summed E-state index contributed by atoms with van der Waals surface area (Å²) in [4.78, 5) is 23.6. The van der Waals surface area contributed by atoms with Crippen LogP contribution in [-0.4, -0.2) is 32.0 Å². The molecule has 1 aromatic carbocycles. The van der Waals surface area contributed by atoms with E-state index in [1.54, 1.807) is 36.6 Å². The number of hydrogen-bond donors (Lipinski definition) is 2. The number of furan rings is 1. The first-order valence-corrected chi connectivity index (χ1v) is 10.7. The molecule has 0 aliphatic heterocycles. The first-order valence-electron chi connectivity index (χ1n) is 9.43. The number of thioether (sulfide) groups is 1. The van der Waals surface area contributed by atoms with Crippen LogP contribution in [0.2, 0.25) is 5.02 Å². The van der Waals surface area contributed by atoms with Gasteiger partial charge in [-0.15, -0.1) is 10.2 Å². The maximum atomic E-state index is 12.4. The van der Waals surface area contributed by atoms with Crippen LogP contribution < -0.4 is 15.8 Å². The normalized spacial score (nSPS) is 12.0. The second-order valence-corrected chi connectivity index (χ2v) is 8.49. The Morgan fingerprint density at radius 1 is 1.26 bits per heavy atom.